The molecule has 1 heterocycles. The van der Waals surface area contributed by atoms with Crippen LogP contribution in [0.1, 0.15) is 71.3 Å². The molecule has 0 saturated carbocycles. The number of hydrogen-bond donors (Lipinski definition) is 3. The predicted octanol–water partition coefficient (Wildman–Crippen LogP) is 4.20. The van der Waals surface area contributed by atoms with Crippen LogP contribution in [0.15, 0.2) is 30.3 Å². The van der Waals surface area contributed by atoms with E-state index in [1.165, 1.54) is 28.9 Å². The zero-order valence-corrected chi connectivity index (χ0v) is 20.8. The number of nitrogens with one attached hydrogen (secondary N) is 1. The van der Waals surface area contributed by atoms with Gasteiger partial charge >= 0.3 is 5.97 Å². The molecule has 2 rings (SSSR count). The van der Waals surface area contributed by atoms with Gasteiger partial charge in [-0.05, 0) is 36.8 Å². The number of carboxylic acid groups (broad SMARTS) is 1. The van der Waals surface area contributed by atoms with E-state index in [9.17, 15) is 24.2 Å². The van der Waals surface area contributed by atoms with E-state index in [0.717, 1.165) is 6.42 Å². The SMILES string of the molecule is CCC(C)C[C@@H](CC(=O)O)NC(=O)c1cc(OC[C@@](C)(O)C(C)(C)C)n(-c2ccccc2F)n1. The summed E-state index contributed by atoms with van der Waals surface area (Å²) in [4.78, 5) is 24.3. The Bertz CT molecular complexity index is 997. The van der Waals surface area contributed by atoms with Gasteiger partial charge in [-0.1, -0.05) is 53.2 Å². The summed E-state index contributed by atoms with van der Waals surface area (Å²) < 4.78 is 21.5. The first-order chi connectivity index (χ1) is 15.7. The lowest BCUT2D eigenvalue weighted by molar-refractivity contribution is -0.137. The van der Waals surface area contributed by atoms with E-state index in [-0.39, 0.29) is 36.2 Å². The van der Waals surface area contributed by atoms with Crippen LogP contribution in [0.3, 0.4) is 0 Å². The number of carboxylic acids is 1. The molecule has 0 radical (unpaired) electrons. The largest absolute Gasteiger partial charge is 0.481 e. The number of amides is 1. The number of carbonyl (C=O) groups excluding carboxylic acids is 1. The van der Waals surface area contributed by atoms with Crippen LogP contribution in [0.5, 0.6) is 5.88 Å². The second kappa shape index (κ2) is 11.0. The number of para-hydroxylation sites is 1. The Labute approximate surface area is 200 Å². The van der Waals surface area contributed by atoms with Gasteiger partial charge in [0.15, 0.2) is 5.69 Å². The lowest BCUT2D eigenvalue weighted by atomic mass is 9.78. The predicted molar refractivity (Wildman–Crippen MR) is 127 cm³/mol. The molecule has 8 nitrogen and oxygen atoms in total. The number of aliphatic hydroxyl groups is 1. The van der Waals surface area contributed by atoms with E-state index in [4.69, 9.17) is 4.74 Å². The van der Waals surface area contributed by atoms with Gasteiger partial charge in [-0.25, -0.2) is 4.39 Å². The summed E-state index contributed by atoms with van der Waals surface area (Å²) in [5, 5.41) is 27.0. The van der Waals surface area contributed by atoms with Crippen molar-refractivity contribution in [2.24, 2.45) is 11.3 Å². The Balaban J connectivity index is 2.37. The third-order valence-corrected chi connectivity index (χ3v) is 6.25. The Morgan fingerprint density at radius 1 is 1.24 bits per heavy atom. The molecular weight excluding hydrogens is 441 g/mol. The van der Waals surface area contributed by atoms with Crippen molar-refractivity contribution in [1.29, 1.82) is 0 Å². The van der Waals surface area contributed by atoms with Gasteiger partial charge in [-0.3, -0.25) is 9.59 Å². The number of hydrogen-bond acceptors (Lipinski definition) is 5. The molecule has 1 aromatic heterocycles. The molecular formula is C25H36FN3O5. The molecule has 188 valence electrons. The van der Waals surface area contributed by atoms with Crippen molar-refractivity contribution in [3.8, 4) is 11.6 Å². The summed E-state index contributed by atoms with van der Waals surface area (Å²) in [5.41, 5.74) is -1.69. The van der Waals surface area contributed by atoms with Crippen molar-refractivity contribution in [2.45, 2.75) is 72.4 Å². The highest BCUT2D eigenvalue weighted by Gasteiger charge is 2.36. The zero-order valence-electron chi connectivity index (χ0n) is 20.8. The molecule has 2 aromatic rings. The summed E-state index contributed by atoms with van der Waals surface area (Å²) in [6.45, 7) is 11.1. The number of rotatable bonds is 11. The van der Waals surface area contributed by atoms with Gasteiger partial charge in [0.1, 0.15) is 23.7 Å². The van der Waals surface area contributed by atoms with E-state index < -0.39 is 34.8 Å². The Kier molecular flexibility index (Phi) is 8.83. The number of ether oxygens (including phenoxy) is 1. The molecule has 34 heavy (non-hydrogen) atoms. The fraction of sp³-hybridized carbons (Fsp3) is 0.560. The molecule has 0 aliphatic rings. The third-order valence-electron chi connectivity index (χ3n) is 6.25. The fourth-order valence-corrected chi connectivity index (χ4v) is 3.12. The molecule has 0 aliphatic carbocycles. The van der Waals surface area contributed by atoms with E-state index in [0.29, 0.717) is 6.42 Å². The number of nitrogens with zero attached hydrogens (tertiary/aromatic N) is 2. The van der Waals surface area contributed by atoms with Gasteiger partial charge in [0.2, 0.25) is 5.88 Å². The van der Waals surface area contributed by atoms with Crippen LogP contribution >= 0.6 is 0 Å². The highest BCUT2D eigenvalue weighted by atomic mass is 19.1. The minimum atomic E-state index is -1.22. The Morgan fingerprint density at radius 2 is 1.88 bits per heavy atom. The van der Waals surface area contributed by atoms with Crippen LogP contribution in [-0.4, -0.2) is 50.1 Å². The summed E-state index contributed by atoms with van der Waals surface area (Å²) in [6, 6.07) is 6.71. The standard InChI is InChI=1S/C25H36FN3O5/c1-7-16(2)12-17(13-22(30)31)27-23(32)19-14-21(34-15-25(6,33)24(3,4)5)29(28-19)20-11-9-8-10-18(20)26/h8-11,14,16-17,33H,7,12-13,15H2,1-6H3,(H,27,32)(H,30,31)/t16?,17-,25+/m0/s1. The van der Waals surface area contributed by atoms with E-state index in [1.807, 2.05) is 34.6 Å². The van der Waals surface area contributed by atoms with Crippen molar-refractivity contribution in [3.05, 3.63) is 41.8 Å². The van der Waals surface area contributed by atoms with Gasteiger partial charge < -0.3 is 20.3 Å². The van der Waals surface area contributed by atoms with Crippen molar-refractivity contribution in [2.75, 3.05) is 6.61 Å². The molecule has 1 unspecified atom stereocenters. The van der Waals surface area contributed by atoms with E-state index in [2.05, 4.69) is 10.4 Å². The monoisotopic (exact) mass is 477 g/mol. The number of benzene rings is 1. The molecule has 0 spiro atoms. The van der Waals surface area contributed by atoms with Crippen LogP contribution in [-0.2, 0) is 4.79 Å². The lowest BCUT2D eigenvalue weighted by Crippen LogP contribution is -2.45. The topological polar surface area (TPSA) is 114 Å². The fourth-order valence-electron chi connectivity index (χ4n) is 3.12. The highest BCUT2D eigenvalue weighted by molar-refractivity contribution is 5.93. The van der Waals surface area contributed by atoms with Crippen LogP contribution in [0.25, 0.3) is 5.69 Å². The maximum absolute atomic E-state index is 14.5. The average molecular weight is 478 g/mol. The normalized spacial score (nSPS) is 15.3. The van der Waals surface area contributed by atoms with Gasteiger partial charge in [0, 0.05) is 12.1 Å². The van der Waals surface area contributed by atoms with Crippen molar-refractivity contribution < 1.29 is 28.9 Å². The van der Waals surface area contributed by atoms with Gasteiger partial charge in [-0.15, -0.1) is 0 Å². The summed E-state index contributed by atoms with van der Waals surface area (Å²) in [6.07, 6.45) is 1.13. The molecule has 0 saturated heterocycles. The average Bonchev–Trinajstić information content (AvgIpc) is 3.15. The molecule has 0 bridgehead atoms. The molecule has 1 amide bonds. The van der Waals surface area contributed by atoms with Crippen molar-refractivity contribution >= 4 is 11.9 Å². The first kappa shape index (κ1) is 27.3. The van der Waals surface area contributed by atoms with Crippen LogP contribution in [0, 0.1) is 17.2 Å². The van der Waals surface area contributed by atoms with E-state index in [1.54, 1.807) is 13.0 Å². The second-order valence-corrected chi connectivity index (χ2v) is 10.1. The molecule has 3 atom stereocenters. The third kappa shape index (κ3) is 7.03. The number of carbonyl (C=O) groups is 2. The minimum absolute atomic E-state index is 0.0480. The van der Waals surface area contributed by atoms with Crippen LogP contribution < -0.4 is 10.1 Å². The Morgan fingerprint density at radius 3 is 2.44 bits per heavy atom. The number of aliphatic carboxylic acids is 1. The molecule has 0 fully saturated rings. The first-order valence-electron chi connectivity index (χ1n) is 11.5. The minimum Gasteiger partial charge on any atom is -0.481 e. The van der Waals surface area contributed by atoms with Crippen LogP contribution in [0.2, 0.25) is 0 Å². The van der Waals surface area contributed by atoms with Crippen molar-refractivity contribution in [3.63, 3.8) is 0 Å². The highest BCUT2D eigenvalue weighted by Crippen LogP contribution is 2.31. The maximum atomic E-state index is 14.5. The van der Waals surface area contributed by atoms with Gasteiger partial charge in [-0.2, -0.15) is 9.78 Å². The lowest BCUT2D eigenvalue weighted by Gasteiger charge is -2.36. The van der Waals surface area contributed by atoms with E-state index >= 15 is 0 Å². The summed E-state index contributed by atoms with van der Waals surface area (Å²) >= 11 is 0. The molecule has 9 heteroatoms. The molecule has 0 aliphatic heterocycles. The number of halogens is 1. The van der Waals surface area contributed by atoms with Gasteiger partial charge in [0.25, 0.3) is 5.91 Å². The van der Waals surface area contributed by atoms with Crippen molar-refractivity contribution in [1.82, 2.24) is 15.1 Å². The summed E-state index contributed by atoms with van der Waals surface area (Å²) in [7, 11) is 0. The molecule has 1 aromatic carbocycles. The zero-order chi connectivity index (χ0) is 25.7. The summed E-state index contributed by atoms with van der Waals surface area (Å²) in [5.74, 6) is -1.86. The van der Waals surface area contributed by atoms with Crippen LogP contribution in [0.4, 0.5) is 4.39 Å². The molecule has 3 N–H and O–H groups in total. The second-order valence-electron chi connectivity index (χ2n) is 10.1. The quantitative estimate of drug-likeness (QED) is 0.447. The maximum Gasteiger partial charge on any atom is 0.305 e. The smallest absolute Gasteiger partial charge is 0.305 e. The van der Waals surface area contributed by atoms with Gasteiger partial charge in [0.05, 0.1) is 6.42 Å². The Hall–Kier alpha value is -2.94. The first-order valence-corrected chi connectivity index (χ1v) is 11.5. The number of aromatic nitrogens is 2.